The second-order valence-corrected chi connectivity index (χ2v) is 19.4. The Bertz CT molecular complexity index is 1940. The Balaban J connectivity index is 1.18. The maximum atomic E-state index is 13.5. The molecule has 0 aliphatic carbocycles. The van der Waals surface area contributed by atoms with Crippen molar-refractivity contribution in [2.45, 2.75) is 93.5 Å². The summed E-state index contributed by atoms with van der Waals surface area (Å²) >= 11 is 6.22. The molecule has 60 heavy (non-hydrogen) atoms. The summed E-state index contributed by atoms with van der Waals surface area (Å²) in [6.45, 7) is 0.716. The number of thioether (sulfide) groups is 1. The van der Waals surface area contributed by atoms with Crippen LogP contribution in [0.25, 0.3) is 0 Å². The number of aliphatic carboxylic acids is 1. The van der Waals surface area contributed by atoms with Gasteiger partial charge < -0.3 is 31.7 Å². The third-order valence-electron chi connectivity index (χ3n) is 10.0. The lowest BCUT2D eigenvalue weighted by Gasteiger charge is -2.32. The summed E-state index contributed by atoms with van der Waals surface area (Å²) in [7, 11) is -2.87. The Labute approximate surface area is 359 Å². The number of carbonyl (C=O) groups excluding carboxylic acids is 6. The summed E-state index contributed by atoms with van der Waals surface area (Å²) in [4.78, 5) is 88.6. The van der Waals surface area contributed by atoms with Crippen LogP contribution in [-0.2, 0) is 43.3 Å². The number of hydrogen-bond donors (Lipinski definition) is 8. The van der Waals surface area contributed by atoms with Crippen molar-refractivity contribution in [3.63, 3.8) is 0 Å². The lowest BCUT2D eigenvalue weighted by molar-refractivity contribution is -0.137. The number of carbonyl (C=O) groups is 7. The average molecular weight is 890 g/mol. The van der Waals surface area contributed by atoms with Crippen molar-refractivity contribution in [3.05, 3.63) is 71.3 Å². The molecule has 0 spiro atoms. The van der Waals surface area contributed by atoms with E-state index in [0.29, 0.717) is 82.2 Å². The van der Waals surface area contributed by atoms with Crippen LogP contribution < -0.4 is 37.4 Å². The van der Waals surface area contributed by atoms with E-state index >= 15 is 0 Å². The molecule has 8 N–H and O–H groups in total. The molecule has 0 radical (unpaired) electrons. The maximum absolute atomic E-state index is 13.5. The monoisotopic (exact) mass is 889 g/mol. The van der Waals surface area contributed by atoms with Gasteiger partial charge in [0.1, 0.15) is 19.6 Å². The van der Waals surface area contributed by atoms with Crippen molar-refractivity contribution in [2.24, 2.45) is 0 Å². The first-order valence-electron chi connectivity index (χ1n) is 20.0. The molecule has 2 aromatic carbocycles. The minimum absolute atomic E-state index is 0.0175. The van der Waals surface area contributed by atoms with Gasteiger partial charge in [-0.05, 0) is 51.0 Å². The number of amides is 6. The Morgan fingerprint density at radius 3 is 2.28 bits per heavy atom. The van der Waals surface area contributed by atoms with E-state index in [0.717, 1.165) is 0 Å². The molecule has 0 aromatic heterocycles. The molecule has 0 saturated carbocycles. The van der Waals surface area contributed by atoms with E-state index in [2.05, 4.69) is 37.4 Å². The van der Waals surface area contributed by atoms with Gasteiger partial charge in [-0.15, -0.1) is 11.8 Å². The smallest absolute Gasteiger partial charge is 0.315 e. The summed E-state index contributed by atoms with van der Waals surface area (Å²) in [6, 6.07) is 13.2. The van der Waals surface area contributed by atoms with Gasteiger partial charge in [-0.2, -0.15) is 0 Å². The minimum atomic E-state index is -2.87. The van der Waals surface area contributed by atoms with Crippen molar-refractivity contribution in [3.8, 4) is 0 Å². The van der Waals surface area contributed by atoms with Gasteiger partial charge >= 0.3 is 12.0 Å². The number of unbranched alkanes of at least 4 members (excludes halogenated alkanes) is 4. The van der Waals surface area contributed by atoms with Gasteiger partial charge in [0.2, 0.25) is 17.7 Å². The predicted molar refractivity (Wildman–Crippen MR) is 230 cm³/mol. The Morgan fingerprint density at radius 2 is 1.55 bits per heavy atom. The number of fused-ring (bicyclic) bond motifs is 1. The first-order chi connectivity index (χ1) is 28.7. The summed E-state index contributed by atoms with van der Waals surface area (Å²) in [6.07, 6.45) is 6.27. The van der Waals surface area contributed by atoms with Crippen molar-refractivity contribution < 1.29 is 47.1 Å². The van der Waals surface area contributed by atoms with Gasteiger partial charge in [-0.3, -0.25) is 38.4 Å². The number of hydrogen-bond acceptors (Lipinski definition) is 12. The fourth-order valence-electron chi connectivity index (χ4n) is 6.99. The molecule has 5 atom stereocenters. The summed E-state index contributed by atoms with van der Waals surface area (Å²) in [5, 5.41) is 23.3. The molecule has 2 fully saturated rings. The molecule has 6 amide bonds. The number of urea groups is 1. The van der Waals surface area contributed by atoms with Gasteiger partial charge in [-0.25, -0.2) is 14.4 Å². The van der Waals surface area contributed by atoms with E-state index in [9.17, 15) is 37.8 Å². The highest BCUT2D eigenvalue weighted by Gasteiger charge is 2.57. The van der Waals surface area contributed by atoms with Gasteiger partial charge in [0.25, 0.3) is 5.91 Å². The lowest BCUT2D eigenvalue weighted by atomic mass is 9.88. The molecular formula is C40H55N7O10S3. The maximum Gasteiger partial charge on any atom is 0.315 e. The molecule has 0 bridgehead atoms. The van der Waals surface area contributed by atoms with Gasteiger partial charge in [0, 0.05) is 66.8 Å². The van der Waals surface area contributed by atoms with E-state index in [4.69, 9.17) is 20.5 Å². The standard InChI is InChI=1S/C40H55N7O10S3/c1-60(56,58)57-25-24-42-37(53)30(46-47-36(52)29-17-8-7-16-28(29)34(51)27-14-4-2-5-15-27)18-10-13-22-41-32(48)19-6-3-12-23-43-38(54)40(21-11-9-20-33(49)50)35-31(26-59-40)44-39(55)45-35/h2,4-5,7-8,14-17,30-31,35,46H,3,6,9-13,18-26H2,1H3,(H,41,48)(H,42,53)(H,43,54)(H,47,52)(H,49,50)(H2,44,45,55)/t30-,31-,35-,40-,60?/m0/s1. The SMILES string of the molecule is CS(=O)(=S)OCCNC(=O)[C@H](CCCCNC(=O)CCCCCNC(=O)[C@@]1(CCCCC(=O)O)SC[C@@H]2NC(=O)N[C@@H]21)NNC(=O)c1ccccc1C(=O)c1ccccc1. The Kier molecular flexibility index (Phi) is 19.2. The number of nitrogens with one attached hydrogen (secondary N) is 7. The topological polar surface area (TPSA) is 250 Å². The molecule has 17 nitrogen and oxygen atoms in total. The third-order valence-corrected chi connectivity index (χ3v) is 12.6. The van der Waals surface area contributed by atoms with E-state index in [1.807, 2.05) is 0 Å². The lowest BCUT2D eigenvalue weighted by Crippen LogP contribution is -2.56. The van der Waals surface area contributed by atoms with Crippen LogP contribution in [0.5, 0.6) is 0 Å². The number of hydrazine groups is 1. The first kappa shape index (κ1) is 48.0. The largest absolute Gasteiger partial charge is 0.481 e. The number of benzene rings is 2. The first-order valence-corrected chi connectivity index (χ1v) is 23.8. The zero-order valence-corrected chi connectivity index (χ0v) is 36.0. The van der Waals surface area contributed by atoms with E-state index in [1.165, 1.54) is 24.1 Å². The predicted octanol–water partition coefficient (Wildman–Crippen LogP) is 2.09. The van der Waals surface area contributed by atoms with E-state index < -0.39 is 37.3 Å². The van der Waals surface area contributed by atoms with Gasteiger partial charge in [-0.1, -0.05) is 61.4 Å². The molecule has 2 saturated heterocycles. The molecule has 4 rings (SSSR count). The van der Waals surface area contributed by atoms with Crippen molar-refractivity contribution in [1.82, 2.24) is 37.4 Å². The summed E-state index contributed by atoms with van der Waals surface area (Å²) < 4.78 is 15.9. The van der Waals surface area contributed by atoms with Crippen molar-refractivity contribution in [1.29, 1.82) is 0 Å². The van der Waals surface area contributed by atoms with Crippen LogP contribution in [0.2, 0.25) is 0 Å². The van der Waals surface area contributed by atoms with Crippen LogP contribution in [0.4, 0.5) is 4.79 Å². The number of rotatable bonds is 27. The fourth-order valence-corrected chi connectivity index (χ4v) is 9.22. The van der Waals surface area contributed by atoms with E-state index in [-0.39, 0.29) is 72.8 Å². The van der Waals surface area contributed by atoms with Crippen LogP contribution in [-0.4, -0.2) is 112 Å². The minimum Gasteiger partial charge on any atom is -0.481 e. The summed E-state index contributed by atoms with van der Waals surface area (Å²) in [5.41, 5.74) is 6.08. The van der Waals surface area contributed by atoms with Gasteiger partial charge in [0.05, 0.1) is 24.3 Å². The molecule has 20 heteroatoms. The molecule has 2 aliphatic rings. The molecular weight excluding hydrogens is 835 g/mol. The molecule has 2 heterocycles. The number of carboxylic acids is 1. The Morgan fingerprint density at radius 1 is 0.867 bits per heavy atom. The van der Waals surface area contributed by atoms with Gasteiger partial charge in [0.15, 0.2) is 5.78 Å². The van der Waals surface area contributed by atoms with Crippen molar-refractivity contribution in [2.75, 3.05) is 38.2 Å². The highest BCUT2D eigenvalue weighted by atomic mass is 32.8. The third kappa shape index (κ3) is 15.1. The zero-order chi connectivity index (χ0) is 43.5. The number of ketones is 1. The second kappa shape index (κ2) is 24.0. The number of carboxylic acid groups (broad SMARTS) is 1. The molecule has 328 valence electrons. The van der Waals surface area contributed by atoms with Crippen molar-refractivity contribution >= 4 is 73.1 Å². The highest BCUT2D eigenvalue weighted by molar-refractivity contribution is 8.29. The molecule has 2 aromatic rings. The molecule has 2 aliphatic heterocycles. The van der Waals surface area contributed by atoms with E-state index in [1.54, 1.807) is 48.5 Å². The highest BCUT2D eigenvalue weighted by Crippen LogP contribution is 2.44. The second-order valence-electron chi connectivity index (χ2n) is 14.6. The van der Waals surface area contributed by atoms with Crippen LogP contribution in [0.3, 0.4) is 0 Å². The molecule has 1 unspecified atom stereocenters. The van der Waals surface area contributed by atoms with Crippen LogP contribution in [0.1, 0.15) is 96.9 Å². The van der Waals surface area contributed by atoms with Crippen LogP contribution in [0.15, 0.2) is 54.6 Å². The Hall–Kier alpha value is -4.63. The zero-order valence-electron chi connectivity index (χ0n) is 33.6. The van der Waals surface area contributed by atoms with Crippen LogP contribution >= 0.6 is 11.8 Å². The van der Waals surface area contributed by atoms with Crippen LogP contribution in [0, 0.1) is 0 Å². The quantitative estimate of drug-likeness (QED) is 0.0278. The summed E-state index contributed by atoms with van der Waals surface area (Å²) in [5.74, 6) is -2.01. The fraction of sp³-hybridized carbons (Fsp3) is 0.525. The average Bonchev–Trinajstić information content (AvgIpc) is 3.77. The normalized spacial score (nSPS) is 19.4.